The molecule has 2 fully saturated rings. The van der Waals surface area contributed by atoms with E-state index in [1.54, 1.807) is 28.6 Å². The molecule has 1 saturated carbocycles. The highest BCUT2D eigenvalue weighted by Crippen LogP contribution is 2.27. The highest BCUT2D eigenvalue weighted by Gasteiger charge is 2.33. The lowest BCUT2D eigenvalue weighted by molar-refractivity contribution is -0.139. The van der Waals surface area contributed by atoms with Crippen LogP contribution in [-0.2, 0) is 19.6 Å². The van der Waals surface area contributed by atoms with Gasteiger partial charge in [0.05, 0.1) is 4.90 Å². The van der Waals surface area contributed by atoms with Gasteiger partial charge in [-0.2, -0.15) is 4.31 Å². The number of sulfonamides is 1. The second-order valence-corrected chi connectivity index (χ2v) is 9.26. The van der Waals surface area contributed by atoms with E-state index in [0.717, 1.165) is 37.7 Å². The molecule has 0 bridgehead atoms. The minimum Gasteiger partial charge on any atom is -0.348 e. The van der Waals surface area contributed by atoms with Crippen LogP contribution in [0, 0.1) is 6.92 Å². The molecule has 2 aliphatic rings. The smallest absolute Gasteiger partial charge is 0.309 e. The fourth-order valence-corrected chi connectivity index (χ4v) is 5.06. The summed E-state index contributed by atoms with van der Waals surface area (Å²) in [6.45, 7) is 2.68. The van der Waals surface area contributed by atoms with Crippen LogP contribution in [0.1, 0.15) is 44.1 Å². The maximum Gasteiger partial charge on any atom is 0.309 e. The van der Waals surface area contributed by atoms with Crippen molar-refractivity contribution in [2.75, 3.05) is 13.1 Å². The van der Waals surface area contributed by atoms with Gasteiger partial charge in [0.2, 0.25) is 10.0 Å². The molecule has 1 aromatic rings. The number of carbonyl (C=O) groups excluding carboxylic acids is 2. The third kappa shape index (κ3) is 5.07. The fourth-order valence-electron chi connectivity index (χ4n) is 3.34. The van der Waals surface area contributed by atoms with Crippen molar-refractivity contribution in [1.29, 1.82) is 0 Å². The first kappa shape index (κ1) is 19.8. The number of aryl methyl sites for hydroxylation is 1. The molecular formula is C19H27N3O4S. The van der Waals surface area contributed by atoms with Crippen molar-refractivity contribution < 1.29 is 18.0 Å². The van der Waals surface area contributed by atoms with Crippen molar-refractivity contribution in [3.05, 3.63) is 29.8 Å². The van der Waals surface area contributed by atoms with Gasteiger partial charge < -0.3 is 10.6 Å². The molecule has 1 aromatic carbocycles. The molecule has 7 nitrogen and oxygen atoms in total. The SMILES string of the molecule is Cc1ccc(S(=O)(=O)N2CCCC[C@H]2CCNC(=O)C(=O)NC2CC2)cc1. The number of nitrogens with zero attached hydrogens (tertiary/aromatic N) is 1. The normalized spacial score (nSPS) is 20.9. The lowest BCUT2D eigenvalue weighted by Crippen LogP contribution is -2.46. The predicted octanol–water partition coefficient (Wildman–Crippen LogP) is 1.32. The number of carbonyl (C=O) groups is 2. The summed E-state index contributed by atoms with van der Waals surface area (Å²) in [4.78, 5) is 23.8. The third-order valence-electron chi connectivity index (χ3n) is 5.08. The van der Waals surface area contributed by atoms with Crippen LogP contribution in [0.3, 0.4) is 0 Å². The molecule has 1 saturated heterocycles. The first-order chi connectivity index (χ1) is 12.9. The zero-order chi connectivity index (χ0) is 19.4. The van der Waals surface area contributed by atoms with Crippen molar-refractivity contribution in [1.82, 2.24) is 14.9 Å². The summed E-state index contributed by atoms with van der Waals surface area (Å²) in [7, 11) is -3.56. The monoisotopic (exact) mass is 393 g/mol. The molecule has 1 aliphatic carbocycles. The Labute approximate surface area is 160 Å². The van der Waals surface area contributed by atoms with Gasteiger partial charge in [-0.05, 0) is 51.2 Å². The minimum absolute atomic E-state index is 0.136. The highest BCUT2D eigenvalue weighted by molar-refractivity contribution is 7.89. The molecule has 3 rings (SSSR count). The molecule has 148 valence electrons. The average molecular weight is 394 g/mol. The van der Waals surface area contributed by atoms with E-state index in [-0.39, 0.29) is 18.6 Å². The van der Waals surface area contributed by atoms with Crippen LogP contribution in [-0.4, -0.2) is 49.7 Å². The van der Waals surface area contributed by atoms with Gasteiger partial charge in [0.15, 0.2) is 0 Å². The van der Waals surface area contributed by atoms with Gasteiger partial charge >= 0.3 is 11.8 Å². The van der Waals surface area contributed by atoms with E-state index in [9.17, 15) is 18.0 Å². The zero-order valence-electron chi connectivity index (χ0n) is 15.6. The molecule has 2 amide bonds. The summed E-state index contributed by atoms with van der Waals surface area (Å²) in [5.74, 6) is -1.25. The Bertz CT molecular complexity index is 788. The van der Waals surface area contributed by atoms with Gasteiger partial charge in [-0.3, -0.25) is 9.59 Å². The van der Waals surface area contributed by atoms with Crippen LogP contribution in [0.4, 0.5) is 0 Å². The van der Waals surface area contributed by atoms with Crippen LogP contribution < -0.4 is 10.6 Å². The van der Waals surface area contributed by atoms with Gasteiger partial charge in [-0.15, -0.1) is 0 Å². The van der Waals surface area contributed by atoms with Crippen molar-refractivity contribution in [3.63, 3.8) is 0 Å². The summed E-state index contributed by atoms with van der Waals surface area (Å²) in [5, 5.41) is 5.25. The van der Waals surface area contributed by atoms with Crippen molar-refractivity contribution in [2.45, 2.75) is 62.4 Å². The van der Waals surface area contributed by atoms with E-state index in [1.165, 1.54) is 0 Å². The number of nitrogens with one attached hydrogen (secondary N) is 2. The Morgan fingerprint density at radius 1 is 1.07 bits per heavy atom. The highest BCUT2D eigenvalue weighted by atomic mass is 32.2. The number of benzene rings is 1. The maximum atomic E-state index is 13.0. The van der Waals surface area contributed by atoms with Crippen molar-refractivity contribution in [3.8, 4) is 0 Å². The van der Waals surface area contributed by atoms with Gasteiger partial charge in [-0.25, -0.2) is 8.42 Å². The molecular weight excluding hydrogens is 366 g/mol. The van der Waals surface area contributed by atoms with E-state index in [2.05, 4.69) is 10.6 Å². The average Bonchev–Trinajstić information content (AvgIpc) is 3.46. The number of piperidine rings is 1. The Hall–Kier alpha value is -1.93. The maximum absolute atomic E-state index is 13.0. The Kier molecular flexibility index (Phi) is 6.16. The molecule has 2 N–H and O–H groups in total. The molecule has 1 atom stereocenters. The molecule has 1 heterocycles. The minimum atomic E-state index is -3.56. The first-order valence-corrected chi connectivity index (χ1v) is 11.0. The Morgan fingerprint density at radius 2 is 1.78 bits per heavy atom. The topological polar surface area (TPSA) is 95.6 Å². The molecule has 27 heavy (non-hydrogen) atoms. The number of hydrogen-bond acceptors (Lipinski definition) is 4. The lowest BCUT2D eigenvalue weighted by atomic mass is 10.0. The number of rotatable bonds is 6. The summed E-state index contributed by atoms with van der Waals surface area (Å²) in [5.41, 5.74) is 1.01. The van der Waals surface area contributed by atoms with Gasteiger partial charge in [0.25, 0.3) is 0 Å². The summed E-state index contributed by atoms with van der Waals surface area (Å²) >= 11 is 0. The molecule has 0 aromatic heterocycles. The Morgan fingerprint density at radius 3 is 2.44 bits per heavy atom. The van der Waals surface area contributed by atoms with Crippen LogP contribution in [0.5, 0.6) is 0 Å². The second kappa shape index (κ2) is 8.39. The fraction of sp³-hybridized carbons (Fsp3) is 0.579. The molecule has 0 unspecified atom stereocenters. The van der Waals surface area contributed by atoms with Crippen molar-refractivity contribution in [2.24, 2.45) is 0 Å². The lowest BCUT2D eigenvalue weighted by Gasteiger charge is -2.34. The van der Waals surface area contributed by atoms with E-state index in [0.29, 0.717) is 17.9 Å². The van der Waals surface area contributed by atoms with Crippen LogP contribution in [0.25, 0.3) is 0 Å². The van der Waals surface area contributed by atoms with E-state index < -0.39 is 21.8 Å². The van der Waals surface area contributed by atoms with Crippen LogP contribution in [0.15, 0.2) is 29.2 Å². The molecule has 0 radical (unpaired) electrons. The van der Waals surface area contributed by atoms with Crippen molar-refractivity contribution >= 4 is 21.8 Å². The third-order valence-corrected chi connectivity index (χ3v) is 7.05. The standard InChI is InChI=1S/C19H27N3O4S/c1-14-5-9-17(10-6-14)27(25,26)22-13-3-2-4-16(22)11-12-20-18(23)19(24)21-15-7-8-15/h5-6,9-10,15-16H,2-4,7-8,11-13H2,1H3,(H,20,23)(H,21,24)/t16-/m0/s1. The first-order valence-electron chi connectivity index (χ1n) is 9.55. The van der Waals surface area contributed by atoms with Gasteiger partial charge in [0.1, 0.15) is 0 Å². The second-order valence-electron chi connectivity index (χ2n) is 7.37. The Balaban J connectivity index is 1.58. The van der Waals surface area contributed by atoms with Gasteiger partial charge in [0, 0.05) is 25.2 Å². The van der Waals surface area contributed by atoms with Crippen LogP contribution >= 0.6 is 0 Å². The summed E-state index contributed by atoms with van der Waals surface area (Å²) < 4.78 is 27.6. The van der Waals surface area contributed by atoms with Crippen LogP contribution in [0.2, 0.25) is 0 Å². The zero-order valence-corrected chi connectivity index (χ0v) is 16.4. The summed E-state index contributed by atoms with van der Waals surface area (Å²) in [6.07, 6.45) is 4.89. The molecule has 1 aliphatic heterocycles. The summed E-state index contributed by atoms with van der Waals surface area (Å²) in [6, 6.07) is 6.84. The van der Waals surface area contributed by atoms with Gasteiger partial charge in [-0.1, -0.05) is 24.1 Å². The predicted molar refractivity (Wildman–Crippen MR) is 102 cm³/mol. The molecule has 8 heteroatoms. The number of amides is 2. The number of hydrogen-bond donors (Lipinski definition) is 2. The largest absolute Gasteiger partial charge is 0.348 e. The quantitative estimate of drug-likeness (QED) is 0.713. The van der Waals surface area contributed by atoms with E-state index in [1.807, 2.05) is 6.92 Å². The van der Waals surface area contributed by atoms with E-state index >= 15 is 0 Å². The molecule has 0 spiro atoms. The van der Waals surface area contributed by atoms with E-state index in [4.69, 9.17) is 0 Å².